The number of thioether (sulfide) groups is 1. The average molecular weight is 288 g/mol. The Bertz CT molecular complexity index is 547. The van der Waals surface area contributed by atoms with Gasteiger partial charge in [-0.1, -0.05) is 23.9 Å². The molecule has 20 heavy (non-hydrogen) atoms. The van der Waals surface area contributed by atoms with Crippen LogP contribution in [0.2, 0.25) is 0 Å². The highest BCUT2D eigenvalue weighted by atomic mass is 32.2. The van der Waals surface area contributed by atoms with Crippen molar-refractivity contribution in [3.8, 4) is 5.75 Å². The van der Waals surface area contributed by atoms with Crippen LogP contribution in [0.15, 0.2) is 35.5 Å². The maximum Gasteiger partial charge on any atom is 0.188 e. The number of ether oxygens (including phenoxy) is 1. The number of aryl methyl sites for hydroxylation is 2. The van der Waals surface area contributed by atoms with Crippen LogP contribution in [0.4, 0.5) is 0 Å². The molecule has 0 saturated heterocycles. The third-order valence-electron chi connectivity index (χ3n) is 2.62. The molecule has 0 aliphatic heterocycles. The summed E-state index contributed by atoms with van der Waals surface area (Å²) in [5.41, 5.74) is 3.27. The molecule has 106 valence electrons. The molecule has 4 heteroatoms. The van der Waals surface area contributed by atoms with Gasteiger partial charge in [0.15, 0.2) is 5.16 Å². The summed E-state index contributed by atoms with van der Waals surface area (Å²) in [6.45, 7) is 8.05. The van der Waals surface area contributed by atoms with Crippen LogP contribution >= 0.6 is 11.8 Å². The predicted molar refractivity (Wildman–Crippen MR) is 83.3 cm³/mol. The molecule has 0 spiro atoms. The van der Waals surface area contributed by atoms with Crippen molar-refractivity contribution in [3.63, 3.8) is 0 Å². The third kappa shape index (κ3) is 4.53. The molecule has 0 aliphatic carbocycles. The van der Waals surface area contributed by atoms with E-state index in [2.05, 4.69) is 22.1 Å². The SMILES string of the molecule is Cc1cc(C)nc(SCc2ccc(OC(C)C)cc2)n1. The van der Waals surface area contributed by atoms with Crippen LogP contribution in [0, 0.1) is 13.8 Å². The van der Waals surface area contributed by atoms with Crippen LogP contribution in [0.25, 0.3) is 0 Å². The zero-order valence-electron chi connectivity index (χ0n) is 12.4. The molecule has 0 aliphatic rings. The smallest absolute Gasteiger partial charge is 0.188 e. The van der Waals surface area contributed by atoms with E-state index in [0.717, 1.165) is 28.0 Å². The van der Waals surface area contributed by atoms with E-state index in [1.807, 2.05) is 45.9 Å². The maximum absolute atomic E-state index is 5.63. The lowest BCUT2D eigenvalue weighted by atomic mass is 10.2. The average Bonchev–Trinajstić information content (AvgIpc) is 2.36. The van der Waals surface area contributed by atoms with Gasteiger partial charge in [0.05, 0.1) is 6.10 Å². The highest BCUT2D eigenvalue weighted by Crippen LogP contribution is 2.22. The van der Waals surface area contributed by atoms with E-state index in [1.54, 1.807) is 11.8 Å². The first-order chi connectivity index (χ1) is 9.52. The zero-order valence-corrected chi connectivity index (χ0v) is 13.2. The number of rotatable bonds is 5. The van der Waals surface area contributed by atoms with E-state index < -0.39 is 0 Å². The summed E-state index contributed by atoms with van der Waals surface area (Å²) in [6.07, 6.45) is 0.207. The van der Waals surface area contributed by atoms with E-state index in [4.69, 9.17) is 4.74 Å². The largest absolute Gasteiger partial charge is 0.491 e. The van der Waals surface area contributed by atoms with E-state index >= 15 is 0 Å². The lowest BCUT2D eigenvalue weighted by molar-refractivity contribution is 0.242. The molecule has 3 nitrogen and oxygen atoms in total. The third-order valence-corrected chi connectivity index (χ3v) is 3.54. The topological polar surface area (TPSA) is 35.0 Å². The van der Waals surface area contributed by atoms with Gasteiger partial charge in [0.1, 0.15) is 5.75 Å². The fraction of sp³-hybridized carbons (Fsp3) is 0.375. The molecule has 0 N–H and O–H groups in total. The second-order valence-corrected chi connectivity index (χ2v) is 5.98. The lowest BCUT2D eigenvalue weighted by Crippen LogP contribution is -2.05. The Morgan fingerprint density at radius 1 is 1.05 bits per heavy atom. The summed E-state index contributed by atoms with van der Waals surface area (Å²) >= 11 is 1.66. The van der Waals surface area contributed by atoms with Gasteiger partial charge >= 0.3 is 0 Å². The summed E-state index contributed by atoms with van der Waals surface area (Å²) < 4.78 is 5.63. The van der Waals surface area contributed by atoms with Crippen LogP contribution in [-0.2, 0) is 5.75 Å². The molecule has 0 radical (unpaired) electrons. The zero-order chi connectivity index (χ0) is 14.5. The highest BCUT2D eigenvalue weighted by Gasteiger charge is 2.03. The number of benzene rings is 1. The molecule has 0 fully saturated rings. The van der Waals surface area contributed by atoms with Crippen molar-refractivity contribution in [1.29, 1.82) is 0 Å². The molecule has 1 heterocycles. The number of nitrogens with zero attached hydrogens (tertiary/aromatic N) is 2. The molecule has 0 unspecified atom stereocenters. The molecule has 0 amide bonds. The first kappa shape index (κ1) is 14.9. The van der Waals surface area contributed by atoms with Crippen molar-refractivity contribution in [2.75, 3.05) is 0 Å². The summed E-state index contributed by atoms with van der Waals surface area (Å²) in [4.78, 5) is 8.87. The minimum atomic E-state index is 0.207. The van der Waals surface area contributed by atoms with E-state index in [-0.39, 0.29) is 6.10 Å². The van der Waals surface area contributed by atoms with Crippen LogP contribution in [-0.4, -0.2) is 16.1 Å². The molecule has 1 aromatic carbocycles. The predicted octanol–water partition coefficient (Wildman–Crippen LogP) is 4.17. The van der Waals surface area contributed by atoms with Crippen molar-refractivity contribution >= 4 is 11.8 Å². The second-order valence-electron chi connectivity index (χ2n) is 5.03. The molecule has 1 aromatic heterocycles. The first-order valence-electron chi connectivity index (χ1n) is 6.73. The van der Waals surface area contributed by atoms with Gasteiger partial charge in [-0.2, -0.15) is 0 Å². The van der Waals surface area contributed by atoms with E-state index in [1.165, 1.54) is 5.56 Å². The summed E-state index contributed by atoms with van der Waals surface area (Å²) in [5.74, 6) is 1.78. The Labute approximate surface area is 124 Å². The first-order valence-corrected chi connectivity index (χ1v) is 7.72. The summed E-state index contributed by atoms with van der Waals surface area (Å²) in [7, 11) is 0. The van der Waals surface area contributed by atoms with Gasteiger partial charge in [-0.25, -0.2) is 9.97 Å². The van der Waals surface area contributed by atoms with Crippen molar-refractivity contribution in [3.05, 3.63) is 47.3 Å². The second kappa shape index (κ2) is 6.75. The van der Waals surface area contributed by atoms with Gasteiger partial charge in [0.25, 0.3) is 0 Å². The van der Waals surface area contributed by atoms with E-state index in [9.17, 15) is 0 Å². The lowest BCUT2D eigenvalue weighted by Gasteiger charge is -2.10. The van der Waals surface area contributed by atoms with Crippen molar-refractivity contribution in [2.45, 2.75) is 44.7 Å². The summed E-state index contributed by atoms with van der Waals surface area (Å²) in [5, 5.41) is 0.838. The molecule has 2 rings (SSSR count). The Balaban J connectivity index is 1.96. The standard InChI is InChI=1S/C16H20N2OS/c1-11(2)19-15-7-5-14(6-8-15)10-20-16-17-12(3)9-13(4)18-16/h5-9,11H,10H2,1-4H3. The van der Waals surface area contributed by atoms with Crippen LogP contribution in [0.5, 0.6) is 5.75 Å². The van der Waals surface area contributed by atoms with E-state index in [0.29, 0.717) is 0 Å². The number of hydrogen-bond acceptors (Lipinski definition) is 4. The Morgan fingerprint density at radius 3 is 2.20 bits per heavy atom. The fourth-order valence-electron chi connectivity index (χ4n) is 1.84. The Morgan fingerprint density at radius 2 is 1.65 bits per heavy atom. The van der Waals surface area contributed by atoms with Gasteiger partial charge < -0.3 is 4.74 Å². The number of hydrogen-bond donors (Lipinski definition) is 0. The van der Waals surface area contributed by atoms with Crippen LogP contribution in [0.3, 0.4) is 0 Å². The molecule has 0 bridgehead atoms. The fourth-order valence-corrected chi connectivity index (χ4v) is 2.75. The molecule has 0 saturated carbocycles. The molecule has 0 atom stereocenters. The quantitative estimate of drug-likeness (QED) is 0.611. The van der Waals surface area contributed by atoms with Gasteiger partial charge in [-0.05, 0) is 51.5 Å². The summed E-state index contributed by atoms with van der Waals surface area (Å²) in [6, 6.07) is 10.2. The van der Waals surface area contributed by atoms with Crippen LogP contribution in [0.1, 0.15) is 30.8 Å². The molecule has 2 aromatic rings. The van der Waals surface area contributed by atoms with Crippen molar-refractivity contribution in [2.24, 2.45) is 0 Å². The molecular formula is C16H20N2OS. The van der Waals surface area contributed by atoms with Crippen molar-refractivity contribution < 1.29 is 4.74 Å². The maximum atomic E-state index is 5.63. The van der Waals surface area contributed by atoms with Gasteiger partial charge in [-0.15, -0.1) is 0 Å². The highest BCUT2D eigenvalue weighted by molar-refractivity contribution is 7.98. The molecular weight excluding hydrogens is 268 g/mol. The number of aromatic nitrogens is 2. The normalized spacial score (nSPS) is 10.8. The minimum Gasteiger partial charge on any atom is -0.491 e. The minimum absolute atomic E-state index is 0.207. The van der Waals surface area contributed by atoms with Gasteiger partial charge in [0, 0.05) is 17.1 Å². The Kier molecular flexibility index (Phi) is 5.01. The van der Waals surface area contributed by atoms with Gasteiger partial charge in [-0.3, -0.25) is 0 Å². The van der Waals surface area contributed by atoms with Gasteiger partial charge in [0.2, 0.25) is 0 Å². The monoisotopic (exact) mass is 288 g/mol. The van der Waals surface area contributed by atoms with Crippen LogP contribution < -0.4 is 4.74 Å². The Hall–Kier alpha value is -1.55. The van der Waals surface area contributed by atoms with Crippen molar-refractivity contribution in [1.82, 2.24) is 9.97 Å².